The van der Waals surface area contributed by atoms with Crippen molar-refractivity contribution in [2.75, 3.05) is 13.6 Å². The van der Waals surface area contributed by atoms with Crippen LogP contribution < -0.4 is 0 Å². The van der Waals surface area contributed by atoms with Crippen LogP contribution in [0.4, 0.5) is 0 Å². The van der Waals surface area contributed by atoms with Gasteiger partial charge in [-0.2, -0.15) is 0 Å². The van der Waals surface area contributed by atoms with Gasteiger partial charge >= 0.3 is 0 Å². The maximum atomic E-state index is 2.61. The maximum Gasteiger partial charge on any atom is 0.0287 e. The first-order valence-corrected chi connectivity index (χ1v) is 8.08. The summed E-state index contributed by atoms with van der Waals surface area (Å²) in [5.41, 5.74) is 3.20. The van der Waals surface area contributed by atoms with E-state index in [4.69, 9.17) is 0 Å². The summed E-state index contributed by atoms with van der Waals surface area (Å²) < 4.78 is 0. The summed E-state index contributed by atoms with van der Waals surface area (Å²) in [6, 6.07) is 22.0. The normalized spacial score (nSPS) is 18.5. The number of nitrogens with zero attached hydrogens (tertiary/aromatic N) is 1. The summed E-state index contributed by atoms with van der Waals surface area (Å²) >= 11 is 0. The molecule has 1 saturated heterocycles. The first-order valence-electron chi connectivity index (χ1n) is 8.08. The third kappa shape index (κ3) is 3.36. The number of likely N-dealkylation sites (N-methyl/N-ethyl adjacent to an activating group) is 1. The summed E-state index contributed by atoms with van der Waals surface area (Å²) in [5, 5.41) is 0. The SMILES string of the molecule is CN1CCCCC1(Cc1ccccc1)Cc1ccccc1. The Morgan fingerprint density at radius 2 is 1.33 bits per heavy atom. The Bertz CT molecular complexity index is 505. The fraction of sp³-hybridized carbons (Fsp3) is 0.400. The molecule has 0 atom stereocenters. The van der Waals surface area contributed by atoms with Crippen LogP contribution in [0, 0.1) is 0 Å². The lowest BCUT2D eigenvalue weighted by Crippen LogP contribution is -2.52. The van der Waals surface area contributed by atoms with Crippen LogP contribution in [0.15, 0.2) is 60.7 Å². The lowest BCUT2D eigenvalue weighted by Gasteiger charge is -2.46. The van der Waals surface area contributed by atoms with Crippen molar-refractivity contribution in [3.8, 4) is 0 Å². The molecule has 0 amide bonds. The van der Waals surface area contributed by atoms with Gasteiger partial charge in [0.2, 0.25) is 0 Å². The van der Waals surface area contributed by atoms with E-state index < -0.39 is 0 Å². The Kier molecular flexibility index (Phi) is 4.40. The fourth-order valence-electron chi connectivity index (χ4n) is 3.69. The molecule has 0 bridgehead atoms. The van der Waals surface area contributed by atoms with Gasteiger partial charge in [0.05, 0.1) is 0 Å². The topological polar surface area (TPSA) is 3.24 Å². The fourth-order valence-corrected chi connectivity index (χ4v) is 3.69. The summed E-state index contributed by atoms with van der Waals surface area (Å²) in [7, 11) is 2.31. The van der Waals surface area contributed by atoms with Crippen molar-refractivity contribution in [3.63, 3.8) is 0 Å². The molecule has 3 rings (SSSR count). The summed E-state index contributed by atoms with van der Waals surface area (Å²) in [5.74, 6) is 0. The van der Waals surface area contributed by atoms with Gasteiger partial charge in [-0.1, -0.05) is 67.1 Å². The molecular formula is C20H25N. The molecule has 0 spiro atoms. The molecule has 0 saturated carbocycles. The van der Waals surface area contributed by atoms with Gasteiger partial charge in [0, 0.05) is 5.54 Å². The third-order valence-corrected chi connectivity index (χ3v) is 4.95. The van der Waals surface area contributed by atoms with Crippen molar-refractivity contribution in [2.45, 2.75) is 37.6 Å². The van der Waals surface area contributed by atoms with Crippen molar-refractivity contribution in [2.24, 2.45) is 0 Å². The number of benzene rings is 2. The second kappa shape index (κ2) is 6.44. The number of rotatable bonds is 4. The quantitative estimate of drug-likeness (QED) is 0.805. The number of hydrogen-bond donors (Lipinski definition) is 0. The highest BCUT2D eigenvalue weighted by atomic mass is 15.2. The van der Waals surface area contributed by atoms with Crippen LogP contribution in [-0.2, 0) is 12.8 Å². The van der Waals surface area contributed by atoms with Gasteiger partial charge in [0.1, 0.15) is 0 Å². The second-order valence-corrected chi connectivity index (χ2v) is 6.43. The summed E-state index contributed by atoms with van der Waals surface area (Å²) in [4.78, 5) is 2.61. The van der Waals surface area contributed by atoms with Gasteiger partial charge in [-0.05, 0) is 50.4 Å². The lowest BCUT2D eigenvalue weighted by atomic mass is 9.77. The van der Waals surface area contributed by atoms with E-state index in [-0.39, 0.29) is 5.54 Å². The summed E-state index contributed by atoms with van der Waals surface area (Å²) in [6.45, 7) is 1.22. The third-order valence-electron chi connectivity index (χ3n) is 4.95. The maximum absolute atomic E-state index is 2.61. The highest BCUT2D eigenvalue weighted by Gasteiger charge is 2.36. The predicted molar refractivity (Wildman–Crippen MR) is 89.5 cm³/mol. The molecule has 0 N–H and O–H groups in total. The Morgan fingerprint density at radius 1 is 0.810 bits per heavy atom. The molecule has 1 nitrogen and oxygen atoms in total. The first kappa shape index (κ1) is 14.3. The molecule has 2 aromatic rings. The van der Waals surface area contributed by atoms with E-state index in [0.29, 0.717) is 0 Å². The minimum absolute atomic E-state index is 0.279. The van der Waals surface area contributed by atoms with Crippen LogP contribution in [-0.4, -0.2) is 24.0 Å². The average molecular weight is 279 g/mol. The zero-order valence-electron chi connectivity index (χ0n) is 13.0. The van der Waals surface area contributed by atoms with Gasteiger partial charge in [-0.3, -0.25) is 0 Å². The van der Waals surface area contributed by atoms with Gasteiger partial charge in [-0.15, -0.1) is 0 Å². The van der Waals surface area contributed by atoms with E-state index in [1.165, 1.54) is 36.9 Å². The van der Waals surface area contributed by atoms with Crippen LogP contribution in [0.3, 0.4) is 0 Å². The molecule has 1 heteroatoms. The smallest absolute Gasteiger partial charge is 0.0287 e. The molecule has 0 unspecified atom stereocenters. The van der Waals surface area contributed by atoms with E-state index in [9.17, 15) is 0 Å². The second-order valence-electron chi connectivity index (χ2n) is 6.43. The highest BCUT2D eigenvalue weighted by Crippen LogP contribution is 2.33. The zero-order chi connectivity index (χ0) is 14.5. The molecule has 0 aliphatic carbocycles. The van der Waals surface area contributed by atoms with Crippen LogP contribution in [0.1, 0.15) is 30.4 Å². The molecular weight excluding hydrogens is 254 g/mol. The van der Waals surface area contributed by atoms with Gasteiger partial charge in [0.15, 0.2) is 0 Å². The number of hydrogen-bond acceptors (Lipinski definition) is 1. The van der Waals surface area contributed by atoms with E-state index in [1.807, 2.05) is 0 Å². The van der Waals surface area contributed by atoms with Crippen LogP contribution in [0.2, 0.25) is 0 Å². The van der Waals surface area contributed by atoms with Gasteiger partial charge in [0.25, 0.3) is 0 Å². The van der Waals surface area contributed by atoms with Crippen LogP contribution in [0.25, 0.3) is 0 Å². The molecule has 21 heavy (non-hydrogen) atoms. The van der Waals surface area contributed by atoms with Gasteiger partial charge in [-0.25, -0.2) is 0 Å². The van der Waals surface area contributed by atoms with Crippen LogP contribution in [0.5, 0.6) is 0 Å². The molecule has 110 valence electrons. The molecule has 0 radical (unpaired) electrons. The zero-order valence-corrected chi connectivity index (χ0v) is 13.0. The van der Waals surface area contributed by atoms with Crippen molar-refractivity contribution >= 4 is 0 Å². The molecule has 1 aliphatic rings. The molecule has 1 fully saturated rings. The number of piperidine rings is 1. The Labute approximate surface area is 128 Å². The van der Waals surface area contributed by atoms with Crippen molar-refractivity contribution in [3.05, 3.63) is 71.8 Å². The van der Waals surface area contributed by atoms with Crippen molar-refractivity contribution in [1.29, 1.82) is 0 Å². The van der Waals surface area contributed by atoms with E-state index in [2.05, 4.69) is 72.6 Å². The Hall–Kier alpha value is -1.60. The monoisotopic (exact) mass is 279 g/mol. The van der Waals surface area contributed by atoms with E-state index in [0.717, 1.165) is 12.8 Å². The molecule has 2 aromatic carbocycles. The molecule has 1 aliphatic heterocycles. The highest BCUT2D eigenvalue weighted by molar-refractivity contribution is 5.23. The van der Waals surface area contributed by atoms with Crippen molar-refractivity contribution in [1.82, 2.24) is 4.90 Å². The minimum atomic E-state index is 0.279. The van der Waals surface area contributed by atoms with E-state index >= 15 is 0 Å². The Morgan fingerprint density at radius 3 is 1.81 bits per heavy atom. The van der Waals surface area contributed by atoms with Crippen molar-refractivity contribution < 1.29 is 0 Å². The summed E-state index contributed by atoms with van der Waals surface area (Å²) in [6.07, 6.45) is 6.29. The molecule has 1 heterocycles. The standard InChI is InChI=1S/C20H25N/c1-21-15-9-8-14-20(21,16-18-10-4-2-5-11-18)17-19-12-6-3-7-13-19/h2-7,10-13H,8-9,14-17H2,1H3. The molecule has 0 aromatic heterocycles. The Balaban J connectivity index is 1.87. The number of likely N-dealkylation sites (tertiary alicyclic amines) is 1. The van der Waals surface area contributed by atoms with E-state index in [1.54, 1.807) is 0 Å². The van der Waals surface area contributed by atoms with Crippen LogP contribution >= 0.6 is 0 Å². The predicted octanol–water partition coefficient (Wildman–Crippen LogP) is 4.33. The minimum Gasteiger partial charge on any atom is -0.300 e. The first-order chi connectivity index (χ1) is 10.3. The largest absolute Gasteiger partial charge is 0.300 e. The lowest BCUT2D eigenvalue weighted by molar-refractivity contribution is 0.0727. The van der Waals surface area contributed by atoms with Gasteiger partial charge < -0.3 is 4.90 Å². The average Bonchev–Trinajstić information content (AvgIpc) is 2.52.